The number of aliphatic imine (C=N–C) groups is 1. The SMILES string of the molecule is CNC1(c2ccc(F)c(/C(C=NC3CC3)=C/N)c2)CC1.N#CCNC(=O)C(=O)NCc1ccccc1C=O. The first-order valence-electron chi connectivity index (χ1n) is 12.3. The number of halogens is 1. The smallest absolute Gasteiger partial charge is 0.310 e. The van der Waals surface area contributed by atoms with Gasteiger partial charge in [0.2, 0.25) is 0 Å². The Labute approximate surface area is 221 Å². The summed E-state index contributed by atoms with van der Waals surface area (Å²) in [7, 11) is 1.95. The van der Waals surface area contributed by atoms with Crippen LogP contribution >= 0.6 is 0 Å². The van der Waals surface area contributed by atoms with Gasteiger partial charge in [-0.3, -0.25) is 19.4 Å². The summed E-state index contributed by atoms with van der Waals surface area (Å²) >= 11 is 0. The summed E-state index contributed by atoms with van der Waals surface area (Å²) in [5.41, 5.74) is 9.06. The van der Waals surface area contributed by atoms with E-state index in [9.17, 15) is 18.8 Å². The number of hydrogen-bond acceptors (Lipinski definition) is 7. The van der Waals surface area contributed by atoms with E-state index in [1.165, 1.54) is 12.3 Å². The van der Waals surface area contributed by atoms with E-state index in [1.54, 1.807) is 36.5 Å². The summed E-state index contributed by atoms with van der Waals surface area (Å²) in [4.78, 5) is 37.6. The summed E-state index contributed by atoms with van der Waals surface area (Å²) in [6, 6.07) is 14.1. The van der Waals surface area contributed by atoms with Gasteiger partial charge in [-0.2, -0.15) is 5.26 Å². The molecule has 0 spiro atoms. The van der Waals surface area contributed by atoms with Crippen LogP contribution in [0.4, 0.5) is 4.39 Å². The molecule has 2 saturated carbocycles. The van der Waals surface area contributed by atoms with E-state index in [2.05, 4.69) is 20.9 Å². The molecule has 0 radical (unpaired) electrons. The zero-order chi connectivity index (χ0) is 27.5. The lowest BCUT2D eigenvalue weighted by Gasteiger charge is -2.16. The van der Waals surface area contributed by atoms with Crippen LogP contribution in [0, 0.1) is 17.1 Å². The Morgan fingerprint density at radius 3 is 2.50 bits per heavy atom. The maximum Gasteiger partial charge on any atom is 0.310 e. The topological polar surface area (TPSA) is 149 Å². The van der Waals surface area contributed by atoms with Crippen molar-refractivity contribution in [3.63, 3.8) is 0 Å². The number of benzene rings is 2. The second-order valence-electron chi connectivity index (χ2n) is 9.00. The molecular formula is C28H31FN6O3. The Kier molecular flexibility index (Phi) is 9.85. The molecule has 198 valence electrons. The zero-order valence-corrected chi connectivity index (χ0v) is 21.2. The lowest BCUT2D eigenvalue weighted by molar-refractivity contribution is -0.139. The predicted octanol–water partition coefficient (Wildman–Crippen LogP) is 2.32. The van der Waals surface area contributed by atoms with Gasteiger partial charge in [0, 0.05) is 41.2 Å². The van der Waals surface area contributed by atoms with Gasteiger partial charge >= 0.3 is 11.8 Å². The molecule has 0 unspecified atom stereocenters. The van der Waals surface area contributed by atoms with Gasteiger partial charge in [0.15, 0.2) is 0 Å². The van der Waals surface area contributed by atoms with Crippen molar-refractivity contribution in [2.24, 2.45) is 10.7 Å². The van der Waals surface area contributed by atoms with E-state index in [-0.39, 0.29) is 24.4 Å². The van der Waals surface area contributed by atoms with E-state index >= 15 is 0 Å². The first-order valence-corrected chi connectivity index (χ1v) is 12.3. The zero-order valence-electron chi connectivity index (χ0n) is 21.2. The second kappa shape index (κ2) is 13.3. The first kappa shape index (κ1) is 28.2. The van der Waals surface area contributed by atoms with E-state index in [1.807, 2.05) is 19.2 Å². The highest BCUT2D eigenvalue weighted by molar-refractivity contribution is 6.35. The van der Waals surface area contributed by atoms with Crippen molar-refractivity contribution >= 4 is 29.9 Å². The first-order chi connectivity index (χ1) is 18.4. The van der Waals surface area contributed by atoms with Crippen LogP contribution in [-0.4, -0.2) is 43.9 Å². The van der Waals surface area contributed by atoms with Crippen molar-refractivity contribution in [2.45, 2.75) is 43.8 Å². The number of aldehydes is 1. The molecule has 2 fully saturated rings. The Morgan fingerprint density at radius 1 is 1.18 bits per heavy atom. The van der Waals surface area contributed by atoms with Crippen LogP contribution in [0.25, 0.3) is 5.57 Å². The fraction of sp³-hybridized carbons (Fsp3) is 0.321. The molecule has 2 aromatic carbocycles. The van der Waals surface area contributed by atoms with Gasteiger partial charge in [-0.25, -0.2) is 4.39 Å². The number of nitrogens with zero attached hydrogens (tertiary/aromatic N) is 2. The Balaban J connectivity index is 0.000000212. The van der Waals surface area contributed by atoms with Crippen LogP contribution in [-0.2, 0) is 21.7 Å². The van der Waals surface area contributed by atoms with Crippen molar-refractivity contribution in [1.82, 2.24) is 16.0 Å². The highest BCUT2D eigenvalue weighted by Crippen LogP contribution is 2.45. The standard InChI is InChI=1S/C16H20FN3.C12H11N3O3/c1-19-16(6-7-16)12-2-5-15(17)14(8-12)11(9-18)10-20-13-3-4-13;13-5-6-14-11(17)12(18)15-7-9-3-1-2-4-10(9)8-16/h2,5,8-10,13,19H,3-4,6-7,18H2,1H3;1-4,8H,6-7H2,(H,14,17)(H,15,18)/b11-9+,20-10?;. The van der Waals surface area contributed by atoms with Gasteiger partial charge in [0.05, 0.1) is 12.1 Å². The molecule has 0 aromatic heterocycles. The molecule has 9 nitrogen and oxygen atoms in total. The molecule has 10 heteroatoms. The number of nitrogens with one attached hydrogen (secondary N) is 3. The molecular weight excluding hydrogens is 487 g/mol. The molecule has 5 N–H and O–H groups in total. The monoisotopic (exact) mass is 518 g/mol. The van der Waals surface area contributed by atoms with E-state index in [0.29, 0.717) is 34.6 Å². The largest absolute Gasteiger partial charge is 0.404 e. The number of carbonyl (C=O) groups is 3. The van der Waals surface area contributed by atoms with E-state index in [0.717, 1.165) is 31.2 Å². The minimum atomic E-state index is -0.875. The van der Waals surface area contributed by atoms with Gasteiger partial charge in [-0.05, 0) is 56.0 Å². The van der Waals surface area contributed by atoms with Gasteiger partial charge in [-0.1, -0.05) is 30.3 Å². The van der Waals surface area contributed by atoms with Crippen molar-refractivity contribution in [3.8, 4) is 6.07 Å². The van der Waals surface area contributed by atoms with Crippen LogP contribution in [0.3, 0.4) is 0 Å². The number of nitrogens with two attached hydrogens (primary N) is 1. The van der Waals surface area contributed by atoms with Crippen LogP contribution in [0.1, 0.15) is 52.7 Å². The third-order valence-electron chi connectivity index (χ3n) is 6.37. The molecule has 0 saturated heterocycles. The van der Waals surface area contributed by atoms with Crippen molar-refractivity contribution in [3.05, 3.63) is 76.7 Å². The minimum Gasteiger partial charge on any atom is -0.404 e. The molecule has 0 atom stereocenters. The molecule has 0 aliphatic heterocycles. The maximum absolute atomic E-state index is 14.1. The minimum absolute atomic E-state index is 0.0236. The van der Waals surface area contributed by atoms with Crippen LogP contribution in [0.2, 0.25) is 0 Å². The number of hydrogen-bond donors (Lipinski definition) is 4. The number of carbonyl (C=O) groups excluding carboxylic acids is 3. The number of allylic oxidation sites excluding steroid dienone is 1. The van der Waals surface area contributed by atoms with Crippen LogP contribution in [0.5, 0.6) is 0 Å². The Hall–Kier alpha value is -4.36. The highest BCUT2D eigenvalue weighted by atomic mass is 19.1. The molecule has 0 heterocycles. The molecule has 2 amide bonds. The third kappa shape index (κ3) is 7.57. The predicted molar refractivity (Wildman–Crippen MR) is 142 cm³/mol. The van der Waals surface area contributed by atoms with Crippen LogP contribution < -0.4 is 21.7 Å². The molecule has 2 aliphatic rings. The second-order valence-corrected chi connectivity index (χ2v) is 9.00. The normalized spacial score (nSPS) is 15.6. The lowest BCUT2D eigenvalue weighted by atomic mass is 9.98. The number of rotatable bonds is 9. The highest BCUT2D eigenvalue weighted by Gasteiger charge is 2.42. The summed E-state index contributed by atoms with van der Waals surface area (Å²) in [5.74, 6) is -1.97. The quantitative estimate of drug-likeness (QED) is 0.173. The van der Waals surface area contributed by atoms with Crippen molar-refractivity contribution < 1.29 is 18.8 Å². The lowest BCUT2D eigenvalue weighted by Crippen LogP contribution is -2.39. The average Bonchev–Trinajstić information content (AvgIpc) is 3.88. The Bertz CT molecular complexity index is 1280. The molecule has 38 heavy (non-hydrogen) atoms. The third-order valence-corrected chi connectivity index (χ3v) is 6.37. The fourth-order valence-electron chi connectivity index (χ4n) is 3.73. The van der Waals surface area contributed by atoms with Crippen molar-refractivity contribution in [2.75, 3.05) is 13.6 Å². The van der Waals surface area contributed by atoms with Gasteiger partial charge < -0.3 is 21.7 Å². The fourth-order valence-corrected chi connectivity index (χ4v) is 3.73. The molecule has 4 rings (SSSR count). The molecule has 0 bridgehead atoms. The van der Waals surface area contributed by atoms with Gasteiger partial charge in [0.1, 0.15) is 18.6 Å². The number of amides is 2. The maximum atomic E-state index is 14.1. The average molecular weight is 519 g/mol. The Morgan fingerprint density at radius 2 is 1.89 bits per heavy atom. The summed E-state index contributed by atoms with van der Waals surface area (Å²) in [6.45, 7) is -0.148. The summed E-state index contributed by atoms with van der Waals surface area (Å²) < 4.78 is 14.1. The molecule has 2 aromatic rings. The van der Waals surface area contributed by atoms with Crippen molar-refractivity contribution in [1.29, 1.82) is 5.26 Å². The molecule has 2 aliphatic carbocycles. The van der Waals surface area contributed by atoms with E-state index in [4.69, 9.17) is 11.0 Å². The summed E-state index contributed by atoms with van der Waals surface area (Å²) in [6.07, 6.45) is 8.25. The summed E-state index contributed by atoms with van der Waals surface area (Å²) in [5, 5.41) is 16.0. The van der Waals surface area contributed by atoms with Gasteiger partial charge in [-0.15, -0.1) is 0 Å². The van der Waals surface area contributed by atoms with Gasteiger partial charge in [0.25, 0.3) is 0 Å². The van der Waals surface area contributed by atoms with Crippen LogP contribution in [0.15, 0.2) is 53.7 Å². The number of nitriles is 1. The van der Waals surface area contributed by atoms with E-state index < -0.39 is 11.8 Å².